The molecular formula is C11H19ClN4. The maximum absolute atomic E-state index is 5.77. The van der Waals surface area contributed by atoms with E-state index in [1.165, 1.54) is 19.2 Å². The molecule has 0 unspecified atom stereocenters. The van der Waals surface area contributed by atoms with Crippen LogP contribution in [0.4, 0.5) is 5.95 Å². The molecule has 1 heterocycles. The molecule has 0 amide bonds. The van der Waals surface area contributed by atoms with Crippen molar-refractivity contribution >= 4 is 17.5 Å². The standard InChI is InChI=1S/C11H19ClN4/c1-3-5-7-16(8-6-4-2)11-14-9-13-10(12)15-11/h9H,3-8H2,1-2H3. The first-order valence-corrected chi connectivity index (χ1v) is 6.25. The molecule has 4 nitrogen and oxygen atoms in total. The van der Waals surface area contributed by atoms with Gasteiger partial charge in [-0.05, 0) is 24.4 Å². The summed E-state index contributed by atoms with van der Waals surface area (Å²) in [7, 11) is 0. The molecule has 1 rings (SSSR count). The van der Waals surface area contributed by atoms with Crippen LogP contribution in [0.3, 0.4) is 0 Å². The maximum atomic E-state index is 5.77. The van der Waals surface area contributed by atoms with Crippen LogP contribution < -0.4 is 4.90 Å². The van der Waals surface area contributed by atoms with Crippen LogP contribution in [-0.2, 0) is 0 Å². The van der Waals surface area contributed by atoms with Crippen molar-refractivity contribution < 1.29 is 0 Å². The van der Waals surface area contributed by atoms with Crippen LogP contribution in [0.5, 0.6) is 0 Å². The summed E-state index contributed by atoms with van der Waals surface area (Å²) in [5.41, 5.74) is 0. The zero-order valence-corrected chi connectivity index (χ0v) is 10.7. The molecule has 0 aliphatic rings. The Kier molecular flexibility index (Phi) is 6.08. The van der Waals surface area contributed by atoms with Gasteiger partial charge < -0.3 is 4.90 Å². The molecule has 0 bridgehead atoms. The second-order valence-corrected chi connectivity index (χ2v) is 4.09. The Morgan fingerprint density at radius 2 is 1.75 bits per heavy atom. The van der Waals surface area contributed by atoms with Gasteiger partial charge in [-0.2, -0.15) is 4.98 Å². The SMILES string of the molecule is CCCCN(CCCC)c1ncnc(Cl)n1. The van der Waals surface area contributed by atoms with E-state index in [0.29, 0.717) is 5.95 Å². The highest BCUT2D eigenvalue weighted by Crippen LogP contribution is 2.11. The van der Waals surface area contributed by atoms with E-state index in [0.717, 1.165) is 25.9 Å². The fourth-order valence-electron chi connectivity index (χ4n) is 1.43. The molecule has 16 heavy (non-hydrogen) atoms. The van der Waals surface area contributed by atoms with Gasteiger partial charge >= 0.3 is 0 Å². The first kappa shape index (κ1) is 13.2. The number of aromatic nitrogens is 3. The highest BCUT2D eigenvalue weighted by Gasteiger charge is 2.08. The zero-order chi connectivity index (χ0) is 11.8. The predicted molar refractivity (Wildman–Crippen MR) is 66.9 cm³/mol. The van der Waals surface area contributed by atoms with Crippen molar-refractivity contribution in [2.24, 2.45) is 0 Å². The molecule has 0 fully saturated rings. The summed E-state index contributed by atoms with van der Waals surface area (Å²) in [6.07, 6.45) is 6.10. The van der Waals surface area contributed by atoms with Crippen molar-refractivity contribution in [2.45, 2.75) is 39.5 Å². The fourth-order valence-corrected chi connectivity index (χ4v) is 1.55. The van der Waals surface area contributed by atoms with Gasteiger partial charge in [-0.3, -0.25) is 0 Å². The highest BCUT2D eigenvalue weighted by molar-refractivity contribution is 6.28. The van der Waals surface area contributed by atoms with Crippen molar-refractivity contribution in [2.75, 3.05) is 18.0 Å². The minimum absolute atomic E-state index is 0.267. The number of unbranched alkanes of at least 4 members (excludes halogenated alkanes) is 2. The van der Waals surface area contributed by atoms with Crippen LogP contribution >= 0.6 is 11.6 Å². The number of hydrogen-bond acceptors (Lipinski definition) is 4. The Morgan fingerprint density at radius 3 is 2.25 bits per heavy atom. The molecule has 1 aromatic heterocycles. The lowest BCUT2D eigenvalue weighted by Crippen LogP contribution is -2.27. The number of rotatable bonds is 7. The lowest BCUT2D eigenvalue weighted by atomic mass is 10.3. The monoisotopic (exact) mass is 242 g/mol. The Morgan fingerprint density at radius 1 is 1.12 bits per heavy atom. The first-order chi connectivity index (χ1) is 7.77. The molecule has 0 atom stereocenters. The molecular weight excluding hydrogens is 224 g/mol. The molecule has 0 aliphatic heterocycles. The summed E-state index contributed by atoms with van der Waals surface area (Å²) < 4.78 is 0. The zero-order valence-electron chi connectivity index (χ0n) is 9.99. The van der Waals surface area contributed by atoms with Crippen molar-refractivity contribution in [1.29, 1.82) is 0 Å². The third kappa shape index (κ3) is 4.31. The molecule has 0 radical (unpaired) electrons. The smallest absolute Gasteiger partial charge is 0.229 e. The van der Waals surface area contributed by atoms with Gasteiger partial charge in [0.05, 0.1) is 0 Å². The van der Waals surface area contributed by atoms with E-state index in [1.54, 1.807) is 0 Å². The van der Waals surface area contributed by atoms with Crippen LogP contribution in [0.2, 0.25) is 5.28 Å². The summed E-state index contributed by atoms with van der Waals surface area (Å²) in [4.78, 5) is 14.3. The summed E-state index contributed by atoms with van der Waals surface area (Å²) >= 11 is 5.77. The van der Waals surface area contributed by atoms with E-state index in [-0.39, 0.29) is 5.28 Å². The molecule has 5 heteroatoms. The summed E-state index contributed by atoms with van der Waals surface area (Å²) in [6.45, 7) is 6.32. The Hall–Kier alpha value is -0.900. The fraction of sp³-hybridized carbons (Fsp3) is 0.727. The lowest BCUT2D eigenvalue weighted by molar-refractivity contribution is 0.661. The van der Waals surface area contributed by atoms with Crippen molar-refractivity contribution in [3.63, 3.8) is 0 Å². The minimum atomic E-state index is 0.267. The molecule has 0 saturated carbocycles. The van der Waals surface area contributed by atoms with Gasteiger partial charge in [-0.15, -0.1) is 0 Å². The van der Waals surface area contributed by atoms with Crippen LogP contribution in [-0.4, -0.2) is 28.0 Å². The lowest BCUT2D eigenvalue weighted by Gasteiger charge is -2.21. The normalized spacial score (nSPS) is 10.4. The van der Waals surface area contributed by atoms with E-state index in [4.69, 9.17) is 11.6 Å². The first-order valence-electron chi connectivity index (χ1n) is 5.87. The van der Waals surface area contributed by atoms with Gasteiger partial charge in [0.1, 0.15) is 6.33 Å². The Labute approximate surface area is 102 Å². The molecule has 0 N–H and O–H groups in total. The van der Waals surface area contributed by atoms with E-state index in [1.807, 2.05) is 0 Å². The third-order valence-electron chi connectivity index (χ3n) is 2.38. The van der Waals surface area contributed by atoms with Crippen LogP contribution in [0.25, 0.3) is 0 Å². The average molecular weight is 243 g/mol. The second kappa shape index (κ2) is 7.39. The summed E-state index contributed by atoms with van der Waals surface area (Å²) in [5, 5.41) is 0.267. The summed E-state index contributed by atoms with van der Waals surface area (Å²) in [6, 6.07) is 0. The predicted octanol–water partition coefficient (Wildman–Crippen LogP) is 2.93. The topological polar surface area (TPSA) is 41.9 Å². The Bertz CT molecular complexity index is 298. The molecule has 90 valence electrons. The number of nitrogens with zero attached hydrogens (tertiary/aromatic N) is 4. The Balaban J connectivity index is 2.66. The second-order valence-electron chi connectivity index (χ2n) is 3.75. The molecule has 1 aromatic rings. The van der Waals surface area contributed by atoms with E-state index in [9.17, 15) is 0 Å². The molecule has 0 aliphatic carbocycles. The molecule has 0 saturated heterocycles. The van der Waals surface area contributed by atoms with Gasteiger partial charge in [0.25, 0.3) is 0 Å². The number of hydrogen-bond donors (Lipinski definition) is 0. The van der Waals surface area contributed by atoms with Gasteiger partial charge in [0, 0.05) is 13.1 Å². The summed E-state index contributed by atoms with van der Waals surface area (Å²) in [5.74, 6) is 0.696. The minimum Gasteiger partial charge on any atom is -0.341 e. The van der Waals surface area contributed by atoms with Gasteiger partial charge in [-0.1, -0.05) is 26.7 Å². The average Bonchev–Trinajstić information content (AvgIpc) is 2.29. The van der Waals surface area contributed by atoms with Crippen molar-refractivity contribution in [3.8, 4) is 0 Å². The van der Waals surface area contributed by atoms with Crippen molar-refractivity contribution in [3.05, 3.63) is 11.6 Å². The van der Waals surface area contributed by atoms with E-state index >= 15 is 0 Å². The van der Waals surface area contributed by atoms with E-state index < -0.39 is 0 Å². The van der Waals surface area contributed by atoms with Gasteiger partial charge in [0.2, 0.25) is 11.2 Å². The van der Waals surface area contributed by atoms with E-state index in [2.05, 4.69) is 33.7 Å². The largest absolute Gasteiger partial charge is 0.341 e. The maximum Gasteiger partial charge on any atom is 0.229 e. The quantitative estimate of drug-likeness (QED) is 0.737. The van der Waals surface area contributed by atoms with Crippen LogP contribution in [0.15, 0.2) is 6.33 Å². The van der Waals surface area contributed by atoms with Crippen LogP contribution in [0.1, 0.15) is 39.5 Å². The third-order valence-corrected chi connectivity index (χ3v) is 2.56. The van der Waals surface area contributed by atoms with Gasteiger partial charge in [-0.25, -0.2) is 9.97 Å². The highest BCUT2D eigenvalue weighted by atomic mass is 35.5. The number of halogens is 1. The van der Waals surface area contributed by atoms with Crippen LogP contribution in [0, 0.1) is 0 Å². The van der Waals surface area contributed by atoms with Crippen molar-refractivity contribution in [1.82, 2.24) is 15.0 Å². The molecule has 0 aromatic carbocycles. The molecule has 0 spiro atoms. The number of anilines is 1. The van der Waals surface area contributed by atoms with Gasteiger partial charge in [0.15, 0.2) is 0 Å².